The van der Waals surface area contributed by atoms with E-state index in [1.165, 1.54) is 18.4 Å². The van der Waals surface area contributed by atoms with Crippen LogP contribution < -0.4 is 16.0 Å². The third-order valence-corrected chi connectivity index (χ3v) is 5.48. The summed E-state index contributed by atoms with van der Waals surface area (Å²) < 4.78 is 5.52. The highest BCUT2D eigenvalue weighted by atomic mass is 16.5. The number of guanidine groups is 1. The second kappa shape index (κ2) is 9.22. The summed E-state index contributed by atoms with van der Waals surface area (Å²) >= 11 is 0. The van der Waals surface area contributed by atoms with Crippen LogP contribution in [0.3, 0.4) is 0 Å². The van der Waals surface area contributed by atoms with Crippen LogP contribution in [0.5, 0.6) is 0 Å². The average molecular weight is 373 g/mol. The maximum absolute atomic E-state index is 12.0. The van der Waals surface area contributed by atoms with E-state index in [4.69, 9.17) is 9.73 Å². The quantitative estimate of drug-likeness (QED) is 0.354. The summed E-state index contributed by atoms with van der Waals surface area (Å²) in [6.07, 6.45) is 4.06. The molecule has 1 atom stereocenters. The number of amides is 1. The van der Waals surface area contributed by atoms with Gasteiger partial charge in [-0.25, -0.2) is 0 Å². The fourth-order valence-electron chi connectivity index (χ4n) is 3.59. The molecule has 0 radical (unpaired) electrons. The molecule has 1 saturated carbocycles. The molecule has 27 heavy (non-hydrogen) atoms. The fourth-order valence-corrected chi connectivity index (χ4v) is 3.59. The lowest BCUT2D eigenvalue weighted by Crippen LogP contribution is -2.41. The normalized spacial score (nSPS) is 20.6. The molecule has 0 aromatic heterocycles. The summed E-state index contributed by atoms with van der Waals surface area (Å²) in [4.78, 5) is 16.8. The second-order valence-corrected chi connectivity index (χ2v) is 7.56. The Bertz CT molecular complexity index is 670. The molecule has 2 aliphatic rings. The predicted octanol–water partition coefficient (Wildman–Crippen LogP) is 2.87. The molecule has 1 aromatic rings. The Labute approximate surface area is 162 Å². The summed E-state index contributed by atoms with van der Waals surface area (Å²) in [5.41, 5.74) is 2.45. The van der Waals surface area contributed by atoms with Crippen molar-refractivity contribution in [3.05, 3.63) is 29.8 Å². The minimum atomic E-state index is 0.0790. The molecule has 0 spiro atoms. The number of benzene rings is 1. The van der Waals surface area contributed by atoms with E-state index in [0.717, 1.165) is 44.4 Å². The highest BCUT2D eigenvalue weighted by Gasteiger charge is 2.41. The Hall–Kier alpha value is -2.08. The van der Waals surface area contributed by atoms with Crippen molar-refractivity contribution in [2.45, 2.75) is 45.4 Å². The van der Waals surface area contributed by atoms with E-state index in [1.54, 1.807) is 0 Å². The van der Waals surface area contributed by atoms with E-state index in [1.807, 2.05) is 25.1 Å². The van der Waals surface area contributed by atoms with Crippen molar-refractivity contribution in [2.75, 3.05) is 38.2 Å². The van der Waals surface area contributed by atoms with Gasteiger partial charge < -0.3 is 20.7 Å². The Balaban J connectivity index is 1.58. The minimum Gasteiger partial charge on any atom is -0.382 e. The first-order valence-corrected chi connectivity index (χ1v) is 10.1. The second-order valence-electron chi connectivity index (χ2n) is 7.56. The van der Waals surface area contributed by atoms with Crippen LogP contribution in [0.1, 0.15) is 51.0 Å². The molecule has 0 bridgehead atoms. The van der Waals surface area contributed by atoms with Gasteiger partial charge in [0.1, 0.15) is 0 Å². The fraction of sp³-hybridized carbons (Fsp3) is 0.619. The van der Waals surface area contributed by atoms with Gasteiger partial charge in [0.05, 0.1) is 0 Å². The summed E-state index contributed by atoms with van der Waals surface area (Å²) in [6.45, 7) is 8.06. The number of fused-ring (bicyclic) bond motifs is 1. The molecular weight excluding hydrogens is 340 g/mol. The van der Waals surface area contributed by atoms with Crippen LogP contribution in [0, 0.1) is 5.41 Å². The number of carbonyl (C=O) groups excluding carboxylic acids is 1. The van der Waals surface area contributed by atoms with Gasteiger partial charge in [-0.05, 0) is 50.2 Å². The van der Waals surface area contributed by atoms with E-state index in [0.29, 0.717) is 18.4 Å². The van der Waals surface area contributed by atoms with Crippen LogP contribution in [-0.4, -0.2) is 44.7 Å². The molecule has 1 amide bonds. The Morgan fingerprint density at radius 2 is 2.11 bits per heavy atom. The van der Waals surface area contributed by atoms with Gasteiger partial charge in [-0.2, -0.15) is 0 Å². The topological polar surface area (TPSA) is 74.8 Å². The Morgan fingerprint density at radius 1 is 1.30 bits per heavy atom. The van der Waals surface area contributed by atoms with E-state index in [-0.39, 0.29) is 11.8 Å². The molecule has 1 unspecified atom stereocenters. The van der Waals surface area contributed by atoms with Gasteiger partial charge in [0.25, 0.3) is 0 Å². The maximum atomic E-state index is 12.0. The SMILES string of the molecule is CCNC(=NCC1(CCOCC)CC1)NCC1CC(=O)Nc2ccccc21. The predicted molar refractivity (Wildman–Crippen MR) is 109 cm³/mol. The number of nitrogens with one attached hydrogen (secondary N) is 3. The van der Waals surface area contributed by atoms with Gasteiger partial charge in [-0.15, -0.1) is 0 Å². The van der Waals surface area contributed by atoms with Gasteiger partial charge in [0.2, 0.25) is 5.91 Å². The van der Waals surface area contributed by atoms with E-state index >= 15 is 0 Å². The third-order valence-electron chi connectivity index (χ3n) is 5.48. The standard InChI is InChI=1S/C21H32N4O2/c1-3-22-20(24-15-21(9-10-21)11-12-27-4-2)23-14-16-13-19(26)25-18-8-6-5-7-17(16)18/h5-8,16H,3-4,9-15H2,1-2H3,(H,25,26)(H2,22,23,24). The van der Waals surface area contributed by atoms with Gasteiger partial charge in [-0.3, -0.25) is 9.79 Å². The zero-order valence-electron chi connectivity index (χ0n) is 16.5. The molecule has 1 aromatic carbocycles. The van der Waals surface area contributed by atoms with Crippen molar-refractivity contribution in [3.63, 3.8) is 0 Å². The maximum Gasteiger partial charge on any atom is 0.225 e. The number of aliphatic imine (C=N–C) groups is 1. The van der Waals surface area contributed by atoms with Crippen LogP contribution >= 0.6 is 0 Å². The lowest BCUT2D eigenvalue weighted by molar-refractivity contribution is -0.116. The summed E-state index contributed by atoms with van der Waals surface area (Å²) in [5, 5.41) is 9.74. The molecule has 0 saturated heterocycles. The largest absolute Gasteiger partial charge is 0.382 e. The molecule has 3 rings (SSSR count). The van der Waals surface area contributed by atoms with Crippen LogP contribution in [0.25, 0.3) is 0 Å². The molecule has 148 valence electrons. The summed E-state index contributed by atoms with van der Waals surface area (Å²) in [5.74, 6) is 1.07. The molecule has 1 heterocycles. The molecule has 6 nitrogen and oxygen atoms in total. The smallest absolute Gasteiger partial charge is 0.225 e. The highest BCUT2D eigenvalue weighted by Crippen LogP contribution is 2.49. The van der Waals surface area contributed by atoms with Crippen molar-refractivity contribution in [1.29, 1.82) is 0 Å². The van der Waals surface area contributed by atoms with Crippen molar-refractivity contribution in [1.82, 2.24) is 10.6 Å². The summed E-state index contributed by atoms with van der Waals surface area (Å²) in [6, 6.07) is 8.04. The molecule has 1 aliphatic carbocycles. The molecule has 1 fully saturated rings. The number of anilines is 1. The van der Waals surface area contributed by atoms with Crippen molar-refractivity contribution in [2.24, 2.45) is 10.4 Å². The van der Waals surface area contributed by atoms with Gasteiger partial charge in [0, 0.05) is 50.9 Å². The third kappa shape index (κ3) is 5.45. The molecule has 6 heteroatoms. The first-order chi connectivity index (χ1) is 13.2. The number of para-hydroxylation sites is 1. The number of hydrogen-bond donors (Lipinski definition) is 3. The highest BCUT2D eigenvalue weighted by molar-refractivity contribution is 5.94. The first kappa shape index (κ1) is 19.7. The van der Waals surface area contributed by atoms with Crippen molar-refractivity contribution < 1.29 is 9.53 Å². The van der Waals surface area contributed by atoms with E-state index in [2.05, 4.69) is 28.9 Å². The van der Waals surface area contributed by atoms with Crippen molar-refractivity contribution >= 4 is 17.6 Å². The lowest BCUT2D eigenvalue weighted by Gasteiger charge is -2.26. The molecule has 1 aliphatic heterocycles. The Morgan fingerprint density at radius 3 is 2.85 bits per heavy atom. The van der Waals surface area contributed by atoms with Gasteiger partial charge >= 0.3 is 0 Å². The average Bonchev–Trinajstić information content (AvgIpc) is 3.44. The van der Waals surface area contributed by atoms with Crippen LogP contribution in [-0.2, 0) is 9.53 Å². The molecule has 3 N–H and O–H groups in total. The van der Waals surface area contributed by atoms with Crippen LogP contribution in [0.2, 0.25) is 0 Å². The zero-order valence-corrected chi connectivity index (χ0v) is 16.5. The Kier molecular flexibility index (Phi) is 6.72. The number of nitrogens with zero attached hydrogens (tertiary/aromatic N) is 1. The van der Waals surface area contributed by atoms with E-state index < -0.39 is 0 Å². The van der Waals surface area contributed by atoms with Crippen molar-refractivity contribution in [3.8, 4) is 0 Å². The molecular formula is C21H32N4O2. The first-order valence-electron chi connectivity index (χ1n) is 10.1. The van der Waals surface area contributed by atoms with Gasteiger partial charge in [-0.1, -0.05) is 18.2 Å². The summed E-state index contributed by atoms with van der Waals surface area (Å²) in [7, 11) is 0. The van der Waals surface area contributed by atoms with Crippen LogP contribution in [0.15, 0.2) is 29.3 Å². The number of hydrogen-bond acceptors (Lipinski definition) is 3. The lowest BCUT2D eigenvalue weighted by atomic mass is 9.90. The van der Waals surface area contributed by atoms with Gasteiger partial charge in [0.15, 0.2) is 5.96 Å². The van der Waals surface area contributed by atoms with Crippen LogP contribution in [0.4, 0.5) is 5.69 Å². The minimum absolute atomic E-state index is 0.0790. The van der Waals surface area contributed by atoms with E-state index in [9.17, 15) is 4.79 Å². The number of carbonyl (C=O) groups is 1. The zero-order chi connectivity index (χ0) is 19.1. The monoisotopic (exact) mass is 372 g/mol. The number of rotatable bonds is 9. The number of ether oxygens (including phenoxy) is 1.